The van der Waals surface area contributed by atoms with Crippen molar-refractivity contribution in [1.82, 2.24) is 0 Å². The summed E-state index contributed by atoms with van der Waals surface area (Å²) in [6.45, 7) is 5.31. The Bertz CT molecular complexity index is 520. The molecular formula is C13H18O4S. The van der Waals surface area contributed by atoms with Crippen LogP contribution >= 0.6 is 0 Å². The van der Waals surface area contributed by atoms with E-state index in [1.54, 1.807) is 26.0 Å². The molecule has 0 aliphatic rings. The van der Waals surface area contributed by atoms with E-state index in [1.165, 1.54) is 6.07 Å². The molecule has 0 fully saturated rings. The van der Waals surface area contributed by atoms with E-state index in [9.17, 15) is 13.2 Å². The molecule has 0 heterocycles. The van der Waals surface area contributed by atoms with Gasteiger partial charge in [-0.25, -0.2) is 8.42 Å². The van der Waals surface area contributed by atoms with E-state index in [1.807, 2.05) is 13.0 Å². The van der Waals surface area contributed by atoms with Crippen molar-refractivity contribution >= 4 is 15.8 Å². The van der Waals surface area contributed by atoms with Crippen LogP contribution in [-0.2, 0) is 19.4 Å². The van der Waals surface area contributed by atoms with Gasteiger partial charge in [0.1, 0.15) is 0 Å². The van der Waals surface area contributed by atoms with E-state index in [4.69, 9.17) is 4.74 Å². The SMILES string of the molecule is CCOC(=O)C(CC)S(=O)(=O)c1cccc(C)c1. The smallest absolute Gasteiger partial charge is 0.324 e. The summed E-state index contributed by atoms with van der Waals surface area (Å²) in [6, 6.07) is 6.55. The summed E-state index contributed by atoms with van der Waals surface area (Å²) in [5.74, 6) is -0.679. The Morgan fingerprint density at radius 1 is 1.33 bits per heavy atom. The molecule has 1 atom stereocenters. The normalized spacial score (nSPS) is 13.1. The van der Waals surface area contributed by atoms with Crippen molar-refractivity contribution in [3.63, 3.8) is 0 Å². The molecule has 0 spiro atoms. The maximum atomic E-state index is 12.3. The lowest BCUT2D eigenvalue weighted by Gasteiger charge is -2.14. The Labute approximate surface area is 108 Å². The first-order valence-electron chi connectivity index (χ1n) is 5.90. The van der Waals surface area contributed by atoms with Gasteiger partial charge in [-0.05, 0) is 38.0 Å². The van der Waals surface area contributed by atoms with Crippen molar-refractivity contribution < 1.29 is 17.9 Å². The number of aryl methyl sites for hydroxylation is 1. The van der Waals surface area contributed by atoms with Gasteiger partial charge in [0.05, 0.1) is 11.5 Å². The topological polar surface area (TPSA) is 60.4 Å². The molecule has 1 unspecified atom stereocenters. The zero-order chi connectivity index (χ0) is 13.8. The highest BCUT2D eigenvalue weighted by molar-refractivity contribution is 7.92. The predicted octanol–water partition coefficient (Wildman–Crippen LogP) is 2.11. The van der Waals surface area contributed by atoms with Crippen LogP contribution in [0.5, 0.6) is 0 Å². The molecule has 1 rings (SSSR count). The zero-order valence-electron chi connectivity index (χ0n) is 10.8. The van der Waals surface area contributed by atoms with Crippen molar-refractivity contribution in [2.45, 2.75) is 37.3 Å². The van der Waals surface area contributed by atoms with Gasteiger partial charge in [0.2, 0.25) is 0 Å². The van der Waals surface area contributed by atoms with Crippen LogP contribution in [0.2, 0.25) is 0 Å². The Morgan fingerprint density at radius 3 is 2.50 bits per heavy atom. The van der Waals surface area contributed by atoms with E-state index in [0.29, 0.717) is 0 Å². The molecule has 18 heavy (non-hydrogen) atoms. The van der Waals surface area contributed by atoms with Gasteiger partial charge in [-0.15, -0.1) is 0 Å². The van der Waals surface area contributed by atoms with E-state index in [2.05, 4.69) is 0 Å². The Hall–Kier alpha value is -1.36. The third-order valence-electron chi connectivity index (χ3n) is 2.61. The summed E-state index contributed by atoms with van der Waals surface area (Å²) < 4.78 is 29.5. The van der Waals surface area contributed by atoms with Crippen molar-refractivity contribution in [1.29, 1.82) is 0 Å². The number of carbonyl (C=O) groups excluding carboxylic acids is 1. The molecule has 0 radical (unpaired) electrons. The molecule has 0 saturated heterocycles. The summed E-state index contributed by atoms with van der Waals surface area (Å²) in [5.41, 5.74) is 0.842. The van der Waals surface area contributed by atoms with Crippen LogP contribution in [0.3, 0.4) is 0 Å². The molecule has 0 aliphatic heterocycles. The lowest BCUT2D eigenvalue weighted by molar-refractivity contribution is -0.142. The fourth-order valence-electron chi connectivity index (χ4n) is 1.70. The van der Waals surface area contributed by atoms with Crippen molar-refractivity contribution in [3.8, 4) is 0 Å². The van der Waals surface area contributed by atoms with Crippen molar-refractivity contribution in [2.24, 2.45) is 0 Å². The van der Waals surface area contributed by atoms with Crippen LogP contribution in [0.15, 0.2) is 29.2 Å². The minimum Gasteiger partial charge on any atom is -0.465 e. The lowest BCUT2D eigenvalue weighted by atomic mass is 10.2. The Balaban J connectivity index is 3.15. The highest BCUT2D eigenvalue weighted by Gasteiger charge is 2.33. The second-order valence-corrected chi connectivity index (χ2v) is 6.14. The number of benzene rings is 1. The highest BCUT2D eigenvalue weighted by atomic mass is 32.2. The fraction of sp³-hybridized carbons (Fsp3) is 0.462. The molecule has 0 amide bonds. The number of sulfone groups is 1. The second kappa shape index (κ2) is 6.00. The van der Waals surface area contributed by atoms with E-state index >= 15 is 0 Å². The summed E-state index contributed by atoms with van der Waals surface area (Å²) in [5, 5.41) is -1.13. The van der Waals surface area contributed by atoms with Gasteiger partial charge < -0.3 is 4.74 Å². The predicted molar refractivity (Wildman–Crippen MR) is 69.1 cm³/mol. The maximum absolute atomic E-state index is 12.3. The summed E-state index contributed by atoms with van der Waals surface area (Å²) in [7, 11) is -3.67. The molecular weight excluding hydrogens is 252 g/mol. The first kappa shape index (κ1) is 14.7. The third-order valence-corrected chi connectivity index (χ3v) is 4.80. The molecule has 1 aromatic rings. The minimum atomic E-state index is -3.67. The number of hydrogen-bond acceptors (Lipinski definition) is 4. The molecule has 0 aliphatic carbocycles. The number of carbonyl (C=O) groups is 1. The molecule has 0 aromatic heterocycles. The molecule has 0 bridgehead atoms. The average molecular weight is 270 g/mol. The van der Waals surface area contributed by atoms with E-state index < -0.39 is 21.1 Å². The van der Waals surface area contributed by atoms with E-state index in [0.717, 1.165) is 5.56 Å². The maximum Gasteiger partial charge on any atom is 0.324 e. The van der Waals surface area contributed by atoms with Gasteiger partial charge in [0, 0.05) is 0 Å². The number of esters is 1. The molecule has 4 nitrogen and oxygen atoms in total. The van der Waals surface area contributed by atoms with Crippen molar-refractivity contribution in [3.05, 3.63) is 29.8 Å². The minimum absolute atomic E-state index is 0.169. The standard InChI is InChI=1S/C13H18O4S/c1-4-12(13(14)17-5-2)18(15,16)11-8-6-7-10(3)9-11/h6-9,12H,4-5H2,1-3H3. The van der Waals surface area contributed by atoms with Crippen LogP contribution < -0.4 is 0 Å². The van der Waals surface area contributed by atoms with Crippen LogP contribution in [0, 0.1) is 6.92 Å². The summed E-state index contributed by atoms with van der Waals surface area (Å²) >= 11 is 0. The molecule has 0 saturated carbocycles. The number of ether oxygens (including phenoxy) is 1. The third kappa shape index (κ3) is 3.10. The van der Waals surface area contributed by atoms with E-state index in [-0.39, 0.29) is 17.9 Å². The van der Waals surface area contributed by atoms with Gasteiger partial charge in [-0.1, -0.05) is 19.1 Å². The van der Waals surface area contributed by atoms with Crippen LogP contribution in [0.1, 0.15) is 25.8 Å². The second-order valence-electron chi connectivity index (χ2n) is 4.01. The average Bonchev–Trinajstić information content (AvgIpc) is 2.30. The lowest BCUT2D eigenvalue weighted by Crippen LogP contribution is -2.31. The largest absolute Gasteiger partial charge is 0.465 e. The Morgan fingerprint density at radius 2 is 2.00 bits per heavy atom. The molecule has 100 valence electrons. The Kier molecular flexibility index (Phi) is 4.90. The fourth-order valence-corrected chi connectivity index (χ4v) is 3.41. The highest BCUT2D eigenvalue weighted by Crippen LogP contribution is 2.20. The molecule has 0 N–H and O–H groups in total. The van der Waals surface area contributed by atoms with Gasteiger partial charge >= 0.3 is 5.97 Å². The number of rotatable bonds is 5. The quantitative estimate of drug-likeness (QED) is 0.769. The van der Waals surface area contributed by atoms with Crippen molar-refractivity contribution in [2.75, 3.05) is 6.61 Å². The first-order valence-corrected chi connectivity index (χ1v) is 7.45. The number of hydrogen-bond donors (Lipinski definition) is 0. The van der Waals surface area contributed by atoms with Crippen LogP contribution in [0.25, 0.3) is 0 Å². The molecule has 1 aromatic carbocycles. The monoisotopic (exact) mass is 270 g/mol. The van der Waals surface area contributed by atoms with Gasteiger partial charge in [-0.2, -0.15) is 0 Å². The van der Waals surface area contributed by atoms with Gasteiger partial charge in [0.15, 0.2) is 15.1 Å². The molecule has 5 heteroatoms. The zero-order valence-corrected chi connectivity index (χ0v) is 11.7. The van der Waals surface area contributed by atoms with Gasteiger partial charge in [-0.3, -0.25) is 4.79 Å². The summed E-state index contributed by atoms with van der Waals surface area (Å²) in [4.78, 5) is 11.8. The van der Waals surface area contributed by atoms with Gasteiger partial charge in [0.25, 0.3) is 0 Å². The van der Waals surface area contributed by atoms with Crippen LogP contribution in [-0.4, -0.2) is 26.2 Å². The first-order chi connectivity index (χ1) is 8.43. The summed E-state index contributed by atoms with van der Waals surface area (Å²) in [6.07, 6.45) is 0.203. The van der Waals surface area contributed by atoms with Crippen LogP contribution in [0.4, 0.5) is 0 Å².